The normalized spacial score (nSPS) is 11.9. The van der Waals surface area contributed by atoms with Crippen molar-refractivity contribution in [3.8, 4) is 50.6 Å². The molecule has 4 aromatic heterocycles. The number of furan rings is 1. The SMILES string of the molecule is CC(C)(C)Cc1cc(-c2[c-]cccc2)ncc1[Si](C)(C)C.CC(C)c1cc(-c2ccccc2)cc(C(C)C)c1-n1c(-c2[c-]ccc3c2oc2ccccc23)nc2cc(-c3ccccc3)cnc21.[Ir]. The Bertz CT molecular complexity index is 3310. The van der Waals surface area contributed by atoms with Crippen LogP contribution in [-0.2, 0) is 26.5 Å². The average Bonchev–Trinajstić information content (AvgIpc) is 3.90. The van der Waals surface area contributed by atoms with Crippen molar-refractivity contribution in [1.29, 1.82) is 0 Å². The number of para-hydroxylation sites is 1. The summed E-state index contributed by atoms with van der Waals surface area (Å²) in [6, 6.07) is 57.3. The summed E-state index contributed by atoms with van der Waals surface area (Å²) in [7, 11) is -1.37. The van der Waals surface area contributed by atoms with Gasteiger partial charge < -0.3 is 14.0 Å². The van der Waals surface area contributed by atoms with Gasteiger partial charge in [-0.15, -0.1) is 54.1 Å². The number of aromatic nitrogens is 4. The molecule has 0 unspecified atom stereocenters. The zero-order valence-electron chi connectivity index (χ0n) is 40.9. The fraction of sp³-hybridized carbons (Fsp3) is 0.230. The third-order valence-corrected chi connectivity index (χ3v) is 14.5. The molecule has 4 heterocycles. The van der Waals surface area contributed by atoms with E-state index >= 15 is 0 Å². The summed E-state index contributed by atoms with van der Waals surface area (Å²) in [5.41, 5.74) is 16.1. The van der Waals surface area contributed by atoms with E-state index in [0.717, 1.165) is 79.0 Å². The Balaban J connectivity index is 0.000000240. The minimum atomic E-state index is -1.37. The van der Waals surface area contributed by atoms with Crippen molar-refractivity contribution in [3.63, 3.8) is 0 Å². The number of fused-ring (bicyclic) bond motifs is 4. The van der Waals surface area contributed by atoms with E-state index in [1.807, 2.05) is 48.7 Å². The van der Waals surface area contributed by atoms with Gasteiger partial charge in [-0.1, -0.05) is 170 Å². The maximum absolute atomic E-state index is 6.55. The molecule has 0 N–H and O–H groups in total. The van der Waals surface area contributed by atoms with Crippen LogP contribution >= 0.6 is 0 Å². The van der Waals surface area contributed by atoms with E-state index in [1.54, 1.807) is 0 Å². The van der Waals surface area contributed by atoms with Crippen LogP contribution in [0, 0.1) is 17.5 Å². The quantitative estimate of drug-likeness (QED) is 0.107. The van der Waals surface area contributed by atoms with Gasteiger partial charge in [0.25, 0.3) is 0 Å². The topological polar surface area (TPSA) is 56.7 Å². The van der Waals surface area contributed by atoms with Gasteiger partial charge in [0.2, 0.25) is 0 Å². The fourth-order valence-corrected chi connectivity index (χ4v) is 10.8. The Labute approximate surface area is 417 Å². The number of benzene rings is 6. The van der Waals surface area contributed by atoms with Crippen molar-refractivity contribution in [2.75, 3.05) is 0 Å². The van der Waals surface area contributed by atoms with E-state index in [2.05, 4.69) is 194 Å². The molecule has 7 heteroatoms. The first-order chi connectivity index (χ1) is 32.1. The molecule has 0 spiro atoms. The molecule has 0 bridgehead atoms. The predicted molar refractivity (Wildman–Crippen MR) is 284 cm³/mol. The standard InChI is InChI=1S/C42H34N3O.C19H26NSi.Ir/c1-26(2)35-22-30(28-14-7-5-8-15-28)23-36(27(3)4)39(35)45-41(34-20-13-19-33-32-18-11-12-21-38(32)46-40(33)34)44-37-24-31(25-43-42(37)45)29-16-9-6-10-17-29;1-19(2,3)13-16-12-17(15-10-8-7-9-11-15)20-14-18(16)21(4,5)6;/h5-19,21-27H,1-4H3;7-10,12,14H,13H2,1-6H3;/q2*-1;. The van der Waals surface area contributed by atoms with Crippen molar-refractivity contribution in [2.24, 2.45) is 5.41 Å². The van der Waals surface area contributed by atoms with Gasteiger partial charge in [0, 0.05) is 49.1 Å². The molecule has 0 amide bonds. The summed E-state index contributed by atoms with van der Waals surface area (Å²) in [5.74, 6) is 1.26. The van der Waals surface area contributed by atoms with Crippen LogP contribution in [0.1, 0.15) is 77.0 Å². The molecule has 0 saturated carbocycles. The third kappa shape index (κ3) is 9.98. The maximum atomic E-state index is 6.55. The average molecular weight is 1090 g/mol. The molecule has 10 rings (SSSR count). The molecular formula is C61H60IrN4OSi-2. The van der Waals surface area contributed by atoms with Gasteiger partial charge in [0.1, 0.15) is 5.58 Å². The Morgan fingerprint density at radius 1 is 0.632 bits per heavy atom. The van der Waals surface area contributed by atoms with E-state index in [1.165, 1.54) is 33.0 Å². The molecule has 0 aliphatic heterocycles. The number of imidazole rings is 1. The van der Waals surface area contributed by atoms with E-state index < -0.39 is 8.07 Å². The number of hydrogen-bond donors (Lipinski definition) is 0. The maximum Gasteiger partial charge on any atom is 0.155 e. The zero-order valence-corrected chi connectivity index (χ0v) is 44.3. The summed E-state index contributed by atoms with van der Waals surface area (Å²) < 4.78 is 8.81. The van der Waals surface area contributed by atoms with E-state index in [-0.39, 0.29) is 37.4 Å². The number of hydrogen-bond acceptors (Lipinski definition) is 4. The van der Waals surface area contributed by atoms with Crippen LogP contribution in [0.2, 0.25) is 19.6 Å². The summed E-state index contributed by atoms with van der Waals surface area (Å²) in [5, 5.41) is 3.61. The minimum absolute atomic E-state index is 0. The van der Waals surface area contributed by atoms with Crippen molar-refractivity contribution in [1.82, 2.24) is 19.5 Å². The molecule has 0 atom stereocenters. The van der Waals surface area contributed by atoms with Crippen LogP contribution in [0.3, 0.4) is 0 Å². The van der Waals surface area contributed by atoms with Gasteiger partial charge in [0.05, 0.1) is 25.0 Å². The molecule has 345 valence electrons. The van der Waals surface area contributed by atoms with Crippen LogP contribution in [0.25, 0.3) is 83.7 Å². The first-order valence-corrected chi connectivity index (χ1v) is 27.1. The third-order valence-electron chi connectivity index (χ3n) is 12.4. The van der Waals surface area contributed by atoms with E-state index in [4.69, 9.17) is 19.4 Å². The van der Waals surface area contributed by atoms with E-state index in [9.17, 15) is 0 Å². The molecule has 0 saturated heterocycles. The Kier molecular flexibility index (Phi) is 14.0. The second kappa shape index (κ2) is 19.8. The van der Waals surface area contributed by atoms with Crippen LogP contribution in [0.15, 0.2) is 162 Å². The van der Waals surface area contributed by atoms with Gasteiger partial charge in [-0.25, -0.2) is 4.98 Å². The molecule has 5 nitrogen and oxygen atoms in total. The second-order valence-electron chi connectivity index (χ2n) is 20.6. The molecule has 1 radical (unpaired) electrons. The van der Waals surface area contributed by atoms with Crippen LogP contribution in [0.4, 0.5) is 0 Å². The summed E-state index contributed by atoms with van der Waals surface area (Å²) in [6.07, 6.45) is 5.17. The van der Waals surface area contributed by atoms with Gasteiger partial charge in [-0.05, 0) is 86.6 Å². The largest absolute Gasteiger partial charge is 0.501 e. The van der Waals surface area contributed by atoms with Crippen LogP contribution < -0.4 is 5.19 Å². The molecule has 10 aromatic rings. The van der Waals surface area contributed by atoms with Gasteiger partial charge >= 0.3 is 0 Å². The number of rotatable bonds is 9. The monoisotopic (exact) mass is 1090 g/mol. The van der Waals surface area contributed by atoms with Gasteiger partial charge in [-0.2, -0.15) is 0 Å². The molecule has 0 aliphatic rings. The first kappa shape index (κ1) is 48.2. The van der Waals surface area contributed by atoms with Gasteiger partial charge in [0.15, 0.2) is 5.65 Å². The minimum Gasteiger partial charge on any atom is -0.501 e. The summed E-state index contributed by atoms with van der Waals surface area (Å²) >= 11 is 0. The predicted octanol–water partition coefficient (Wildman–Crippen LogP) is 16.0. The first-order valence-electron chi connectivity index (χ1n) is 23.6. The van der Waals surface area contributed by atoms with Crippen LogP contribution in [-0.4, -0.2) is 27.6 Å². The second-order valence-corrected chi connectivity index (χ2v) is 25.6. The summed E-state index contributed by atoms with van der Waals surface area (Å²) in [4.78, 5) is 15.2. The van der Waals surface area contributed by atoms with E-state index in [0.29, 0.717) is 0 Å². The smallest absolute Gasteiger partial charge is 0.155 e. The number of nitrogens with zero attached hydrogens (tertiary/aromatic N) is 4. The molecule has 0 fully saturated rings. The summed E-state index contributed by atoms with van der Waals surface area (Å²) in [6.45, 7) is 23.2. The van der Waals surface area contributed by atoms with Crippen LogP contribution in [0.5, 0.6) is 0 Å². The Morgan fingerprint density at radius 3 is 1.88 bits per heavy atom. The fourth-order valence-electron chi connectivity index (χ4n) is 9.20. The van der Waals surface area contributed by atoms with Gasteiger partial charge in [-0.3, -0.25) is 4.98 Å². The zero-order chi connectivity index (χ0) is 47.0. The molecule has 68 heavy (non-hydrogen) atoms. The number of pyridine rings is 2. The van der Waals surface area contributed by atoms with Crippen molar-refractivity contribution in [3.05, 3.63) is 187 Å². The van der Waals surface area contributed by atoms with Crippen molar-refractivity contribution in [2.45, 2.75) is 86.4 Å². The Hall–Kier alpha value is -6.24. The molecule has 6 aromatic carbocycles. The van der Waals surface area contributed by atoms with Crippen molar-refractivity contribution < 1.29 is 24.5 Å². The van der Waals surface area contributed by atoms with Crippen molar-refractivity contribution >= 4 is 46.4 Å². The molecular weight excluding hydrogens is 1030 g/mol. The Morgan fingerprint density at radius 2 is 1.26 bits per heavy atom. The molecule has 0 aliphatic carbocycles.